The molecular weight excluding hydrogens is 328 g/mol. The number of hydrogen-bond acceptors (Lipinski definition) is 3. The van der Waals surface area contributed by atoms with Crippen molar-refractivity contribution in [1.82, 2.24) is 10.2 Å². The molecule has 0 amide bonds. The molecule has 5 nitrogen and oxygen atoms in total. The van der Waals surface area contributed by atoms with E-state index in [0.717, 1.165) is 46.2 Å². The van der Waals surface area contributed by atoms with Crippen molar-refractivity contribution >= 4 is 16.9 Å². The molecular formula is C21H22N2O3. The van der Waals surface area contributed by atoms with E-state index >= 15 is 0 Å². The lowest BCUT2D eigenvalue weighted by Gasteiger charge is -2.18. The number of H-pyrrole nitrogens is 1. The van der Waals surface area contributed by atoms with Crippen LogP contribution in [0.3, 0.4) is 0 Å². The van der Waals surface area contributed by atoms with E-state index in [-0.39, 0.29) is 12.5 Å². The summed E-state index contributed by atoms with van der Waals surface area (Å²) in [4.78, 5) is 10.9. The van der Waals surface area contributed by atoms with E-state index in [1.54, 1.807) is 6.20 Å². The van der Waals surface area contributed by atoms with Crippen molar-refractivity contribution in [2.75, 3.05) is 0 Å². The summed E-state index contributed by atoms with van der Waals surface area (Å²) in [6.07, 6.45) is 7.35. The van der Waals surface area contributed by atoms with E-state index in [9.17, 15) is 4.79 Å². The van der Waals surface area contributed by atoms with Crippen LogP contribution in [0.1, 0.15) is 37.7 Å². The van der Waals surface area contributed by atoms with Gasteiger partial charge in [-0.05, 0) is 61.4 Å². The quantitative estimate of drug-likeness (QED) is 0.683. The Hall–Kier alpha value is -2.82. The first-order valence-corrected chi connectivity index (χ1v) is 9.14. The zero-order valence-electron chi connectivity index (χ0n) is 14.6. The number of nitrogens with zero attached hydrogens (tertiary/aromatic N) is 1. The van der Waals surface area contributed by atoms with Crippen molar-refractivity contribution in [2.45, 2.75) is 44.6 Å². The number of aromatic amines is 1. The minimum Gasteiger partial charge on any atom is -0.490 e. The zero-order chi connectivity index (χ0) is 17.9. The molecule has 5 heteroatoms. The summed E-state index contributed by atoms with van der Waals surface area (Å²) in [7, 11) is 0. The van der Waals surface area contributed by atoms with Gasteiger partial charge in [-0.3, -0.25) is 9.89 Å². The summed E-state index contributed by atoms with van der Waals surface area (Å²) in [6.45, 7) is 0. The molecule has 0 radical (unpaired) electrons. The molecule has 134 valence electrons. The fourth-order valence-electron chi connectivity index (χ4n) is 3.60. The van der Waals surface area contributed by atoms with Crippen molar-refractivity contribution in [3.05, 3.63) is 48.2 Å². The highest BCUT2D eigenvalue weighted by molar-refractivity contribution is 5.85. The number of aryl methyl sites for hydroxylation is 1. The summed E-state index contributed by atoms with van der Waals surface area (Å²) in [6, 6.07) is 12.2. The number of ether oxygens (including phenoxy) is 1. The summed E-state index contributed by atoms with van der Waals surface area (Å²) in [5.41, 5.74) is 4.04. The first kappa shape index (κ1) is 16.6. The van der Waals surface area contributed by atoms with Crippen molar-refractivity contribution in [3.63, 3.8) is 0 Å². The summed E-state index contributed by atoms with van der Waals surface area (Å²) < 4.78 is 6.29. The molecule has 1 saturated carbocycles. The third-order valence-corrected chi connectivity index (χ3v) is 5.02. The molecule has 2 aromatic carbocycles. The molecule has 0 saturated heterocycles. The predicted molar refractivity (Wildman–Crippen MR) is 100 cm³/mol. The second-order valence-electron chi connectivity index (χ2n) is 6.92. The van der Waals surface area contributed by atoms with Crippen LogP contribution in [-0.4, -0.2) is 27.4 Å². The van der Waals surface area contributed by atoms with Crippen LogP contribution in [0.4, 0.5) is 0 Å². The molecule has 0 atom stereocenters. The molecule has 0 spiro atoms. The van der Waals surface area contributed by atoms with Gasteiger partial charge in [-0.25, -0.2) is 0 Å². The number of aliphatic carboxylic acids is 1. The first-order chi connectivity index (χ1) is 12.7. The Kier molecular flexibility index (Phi) is 4.61. The van der Waals surface area contributed by atoms with Crippen LogP contribution >= 0.6 is 0 Å². The smallest absolute Gasteiger partial charge is 0.303 e. The molecule has 26 heavy (non-hydrogen) atoms. The molecule has 1 fully saturated rings. The highest BCUT2D eigenvalue weighted by Gasteiger charge is 2.19. The van der Waals surface area contributed by atoms with Crippen LogP contribution < -0.4 is 4.74 Å². The highest BCUT2D eigenvalue weighted by Crippen LogP contribution is 2.35. The number of nitrogens with one attached hydrogen (secondary N) is 1. The van der Waals surface area contributed by atoms with Crippen molar-refractivity contribution in [2.24, 2.45) is 0 Å². The number of hydrogen-bond donors (Lipinski definition) is 2. The molecule has 0 bridgehead atoms. The zero-order valence-corrected chi connectivity index (χ0v) is 14.6. The van der Waals surface area contributed by atoms with Crippen LogP contribution in [0.15, 0.2) is 42.6 Å². The number of fused-ring (bicyclic) bond motifs is 1. The predicted octanol–water partition coefficient (Wildman–Crippen LogP) is 4.57. The van der Waals surface area contributed by atoms with E-state index in [0.29, 0.717) is 6.42 Å². The van der Waals surface area contributed by atoms with E-state index in [1.165, 1.54) is 12.8 Å². The second-order valence-corrected chi connectivity index (χ2v) is 6.92. The third kappa shape index (κ3) is 3.57. The van der Waals surface area contributed by atoms with Gasteiger partial charge in [0, 0.05) is 17.4 Å². The van der Waals surface area contributed by atoms with Gasteiger partial charge >= 0.3 is 5.97 Å². The van der Waals surface area contributed by atoms with E-state index < -0.39 is 5.97 Å². The normalized spacial score (nSPS) is 14.8. The Morgan fingerprint density at radius 3 is 2.85 bits per heavy atom. The molecule has 0 aliphatic heterocycles. The van der Waals surface area contributed by atoms with E-state index in [1.807, 2.05) is 18.2 Å². The minimum atomic E-state index is -0.781. The summed E-state index contributed by atoms with van der Waals surface area (Å²) in [5.74, 6) is 0.0894. The Bertz CT molecular complexity index is 926. The molecule has 1 aliphatic rings. The van der Waals surface area contributed by atoms with Gasteiger partial charge in [0.25, 0.3) is 0 Å². The fourth-order valence-corrected chi connectivity index (χ4v) is 3.60. The molecule has 3 aromatic rings. The van der Waals surface area contributed by atoms with Crippen LogP contribution in [-0.2, 0) is 11.2 Å². The van der Waals surface area contributed by atoms with Gasteiger partial charge in [0.2, 0.25) is 0 Å². The monoisotopic (exact) mass is 350 g/mol. The maximum absolute atomic E-state index is 10.9. The average molecular weight is 350 g/mol. The standard InChI is InChI=1S/C21H22N2O3/c24-21(25)10-6-14-5-9-20(26-17-3-1-2-4-17)18(11-14)15-7-8-16-13-22-23-19(16)12-15/h5,7-9,11-13,17H,1-4,6,10H2,(H,22,23)(H,24,25). The Balaban J connectivity index is 1.71. The van der Waals surface area contributed by atoms with Crippen molar-refractivity contribution in [1.29, 1.82) is 0 Å². The fraction of sp³-hybridized carbons (Fsp3) is 0.333. The topological polar surface area (TPSA) is 75.2 Å². The number of carboxylic acids is 1. The van der Waals surface area contributed by atoms with Crippen molar-refractivity contribution in [3.8, 4) is 16.9 Å². The second kappa shape index (κ2) is 7.20. The number of carbonyl (C=O) groups is 1. The molecule has 1 aliphatic carbocycles. The van der Waals surface area contributed by atoms with Crippen LogP contribution in [0, 0.1) is 0 Å². The van der Waals surface area contributed by atoms with Crippen LogP contribution in [0.25, 0.3) is 22.0 Å². The maximum Gasteiger partial charge on any atom is 0.303 e. The highest BCUT2D eigenvalue weighted by atomic mass is 16.5. The largest absolute Gasteiger partial charge is 0.490 e. The van der Waals surface area contributed by atoms with Crippen molar-refractivity contribution < 1.29 is 14.6 Å². The van der Waals surface area contributed by atoms with Gasteiger partial charge < -0.3 is 9.84 Å². The van der Waals surface area contributed by atoms with Gasteiger partial charge in [-0.15, -0.1) is 0 Å². The first-order valence-electron chi connectivity index (χ1n) is 9.14. The lowest BCUT2D eigenvalue weighted by atomic mass is 9.99. The maximum atomic E-state index is 10.9. The number of benzene rings is 2. The molecule has 1 heterocycles. The Labute approximate surface area is 152 Å². The van der Waals surface area contributed by atoms with Gasteiger partial charge in [0.05, 0.1) is 17.8 Å². The summed E-state index contributed by atoms with van der Waals surface area (Å²) >= 11 is 0. The lowest BCUT2D eigenvalue weighted by molar-refractivity contribution is -0.136. The van der Waals surface area contributed by atoms with Crippen LogP contribution in [0.2, 0.25) is 0 Å². The van der Waals surface area contributed by atoms with Crippen LogP contribution in [0.5, 0.6) is 5.75 Å². The molecule has 1 aromatic heterocycles. The summed E-state index contributed by atoms with van der Waals surface area (Å²) in [5, 5.41) is 17.1. The van der Waals surface area contributed by atoms with E-state index in [2.05, 4.69) is 28.4 Å². The number of rotatable bonds is 6. The van der Waals surface area contributed by atoms with Gasteiger partial charge in [0.1, 0.15) is 5.75 Å². The van der Waals surface area contributed by atoms with Gasteiger partial charge in [-0.1, -0.05) is 18.2 Å². The number of aromatic nitrogens is 2. The van der Waals surface area contributed by atoms with E-state index in [4.69, 9.17) is 9.84 Å². The number of carboxylic acid groups (broad SMARTS) is 1. The average Bonchev–Trinajstić information content (AvgIpc) is 3.31. The third-order valence-electron chi connectivity index (χ3n) is 5.02. The Morgan fingerprint density at radius 1 is 1.19 bits per heavy atom. The van der Waals surface area contributed by atoms with Gasteiger partial charge in [0.15, 0.2) is 0 Å². The molecule has 2 N–H and O–H groups in total. The minimum absolute atomic E-state index is 0.127. The lowest BCUT2D eigenvalue weighted by Crippen LogP contribution is -2.11. The Morgan fingerprint density at radius 2 is 2.04 bits per heavy atom. The molecule has 0 unspecified atom stereocenters. The molecule has 4 rings (SSSR count). The SMILES string of the molecule is O=C(O)CCc1ccc(OC2CCCC2)c(-c2ccc3cn[nH]c3c2)c1. The van der Waals surface area contributed by atoms with Gasteiger partial charge in [-0.2, -0.15) is 5.10 Å².